The van der Waals surface area contributed by atoms with E-state index in [1.807, 2.05) is 0 Å². The molecular formula is C18H35NO. The van der Waals surface area contributed by atoms with Crippen LogP contribution in [0, 0.1) is 11.8 Å². The molecule has 0 amide bonds. The molecule has 1 N–H and O–H groups in total. The molecule has 0 spiro atoms. The minimum atomic E-state index is 0.264. The molecule has 1 aliphatic carbocycles. The molecule has 0 aromatic carbocycles. The highest BCUT2D eigenvalue weighted by Gasteiger charge is 2.26. The van der Waals surface area contributed by atoms with E-state index in [0.717, 1.165) is 18.4 Å². The first-order chi connectivity index (χ1) is 9.54. The molecule has 2 heteroatoms. The Morgan fingerprint density at radius 1 is 0.950 bits per heavy atom. The zero-order valence-corrected chi connectivity index (χ0v) is 13.9. The van der Waals surface area contributed by atoms with Gasteiger partial charge in [-0.1, -0.05) is 32.1 Å². The van der Waals surface area contributed by atoms with E-state index < -0.39 is 0 Å². The number of ether oxygens (including phenoxy) is 1. The summed E-state index contributed by atoms with van der Waals surface area (Å²) in [6.07, 6.45) is 13.1. The summed E-state index contributed by atoms with van der Waals surface area (Å²) in [5.41, 5.74) is 0.264. The molecule has 0 aromatic heterocycles. The average Bonchev–Trinajstić information content (AvgIpc) is 2.90. The Hall–Kier alpha value is -0.0800. The van der Waals surface area contributed by atoms with E-state index in [0.29, 0.717) is 6.10 Å². The van der Waals surface area contributed by atoms with Gasteiger partial charge in [0.1, 0.15) is 0 Å². The van der Waals surface area contributed by atoms with Crippen LogP contribution in [0.2, 0.25) is 0 Å². The van der Waals surface area contributed by atoms with Gasteiger partial charge in [-0.2, -0.15) is 0 Å². The first-order valence-corrected chi connectivity index (χ1v) is 8.91. The summed E-state index contributed by atoms with van der Waals surface area (Å²) in [5.74, 6) is 1.87. The maximum Gasteiger partial charge on any atom is 0.0576 e. The molecule has 2 aliphatic rings. The third kappa shape index (κ3) is 5.73. The van der Waals surface area contributed by atoms with E-state index in [1.54, 1.807) is 0 Å². The number of hydrogen-bond donors (Lipinski definition) is 1. The third-order valence-corrected chi connectivity index (χ3v) is 5.09. The highest BCUT2D eigenvalue weighted by atomic mass is 16.5. The standard InChI is InChI=1S/C18H35NO/c1-18(2,3)19-14-16-9-5-4-8-15(16)10-6-11-17-12-7-13-20-17/h15-17,19H,4-14H2,1-3H3. The summed E-state index contributed by atoms with van der Waals surface area (Å²) in [4.78, 5) is 0. The second-order valence-corrected chi connectivity index (χ2v) is 8.00. The van der Waals surface area contributed by atoms with E-state index in [1.165, 1.54) is 64.3 Å². The van der Waals surface area contributed by atoms with Crippen molar-refractivity contribution in [2.75, 3.05) is 13.2 Å². The molecule has 0 aromatic rings. The van der Waals surface area contributed by atoms with Crippen LogP contribution in [0.1, 0.15) is 78.6 Å². The molecule has 20 heavy (non-hydrogen) atoms. The molecule has 3 unspecified atom stereocenters. The quantitative estimate of drug-likeness (QED) is 0.772. The van der Waals surface area contributed by atoms with Crippen LogP contribution in [0.15, 0.2) is 0 Å². The number of rotatable bonds is 6. The van der Waals surface area contributed by atoms with Crippen LogP contribution in [-0.2, 0) is 4.74 Å². The summed E-state index contributed by atoms with van der Waals surface area (Å²) in [7, 11) is 0. The van der Waals surface area contributed by atoms with Crippen molar-refractivity contribution in [3.63, 3.8) is 0 Å². The summed E-state index contributed by atoms with van der Waals surface area (Å²) >= 11 is 0. The predicted molar refractivity (Wildman–Crippen MR) is 86.0 cm³/mol. The van der Waals surface area contributed by atoms with Gasteiger partial charge in [0.25, 0.3) is 0 Å². The van der Waals surface area contributed by atoms with Gasteiger partial charge in [0.05, 0.1) is 6.10 Å². The molecule has 0 bridgehead atoms. The van der Waals surface area contributed by atoms with Gasteiger partial charge >= 0.3 is 0 Å². The van der Waals surface area contributed by atoms with Crippen LogP contribution in [0.4, 0.5) is 0 Å². The fourth-order valence-electron chi connectivity index (χ4n) is 3.85. The molecule has 2 nitrogen and oxygen atoms in total. The highest BCUT2D eigenvalue weighted by molar-refractivity contribution is 4.81. The Labute approximate surface area is 126 Å². The minimum Gasteiger partial charge on any atom is -0.378 e. The van der Waals surface area contributed by atoms with Crippen LogP contribution in [0.3, 0.4) is 0 Å². The van der Waals surface area contributed by atoms with Crippen LogP contribution in [-0.4, -0.2) is 24.8 Å². The van der Waals surface area contributed by atoms with E-state index in [4.69, 9.17) is 4.74 Å². The topological polar surface area (TPSA) is 21.3 Å². The molecule has 0 radical (unpaired) electrons. The summed E-state index contributed by atoms with van der Waals surface area (Å²) in [5, 5.41) is 3.73. The highest BCUT2D eigenvalue weighted by Crippen LogP contribution is 2.34. The van der Waals surface area contributed by atoms with Crippen molar-refractivity contribution in [1.29, 1.82) is 0 Å². The Morgan fingerprint density at radius 3 is 2.35 bits per heavy atom. The van der Waals surface area contributed by atoms with Gasteiger partial charge in [-0.15, -0.1) is 0 Å². The Kier molecular flexibility index (Phi) is 6.35. The van der Waals surface area contributed by atoms with Crippen LogP contribution in [0.5, 0.6) is 0 Å². The van der Waals surface area contributed by atoms with Gasteiger partial charge in [0.2, 0.25) is 0 Å². The van der Waals surface area contributed by atoms with Crippen molar-refractivity contribution in [1.82, 2.24) is 5.32 Å². The van der Waals surface area contributed by atoms with E-state index >= 15 is 0 Å². The average molecular weight is 281 g/mol. The fourth-order valence-corrected chi connectivity index (χ4v) is 3.85. The van der Waals surface area contributed by atoms with Gasteiger partial charge in [0.15, 0.2) is 0 Å². The fraction of sp³-hybridized carbons (Fsp3) is 1.00. The van der Waals surface area contributed by atoms with Gasteiger partial charge in [-0.25, -0.2) is 0 Å². The molecule has 1 saturated carbocycles. The van der Waals surface area contributed by atoms with Crippen LogP contribution >= 0.6 is 0 Å². The zero-order chi connectivity index (χ0) is 14.4. The van der Waals surface area contributed by atoms with Crippen molar-refractivity contribution in [3.8, 4) is 0 Å². The van der Waals surface area contributed by atoms with E-state index in [-0.39, 0.29) is 5.54 Å². The van der Waals surface area contributed by atoms with Crippen LogP contribution in [0.25, 0.3) is 0 Å². The molecule has 3 atom stereocenters. The van der Waals surface area contributed by atoms with Crippen molar-refractivity contribution in [2.24, 2.45) is 11.8 Å². The summed E-state index contributed by atoms with van der Waals surface area (Å²) in [6.45, 7) is 9.06. The molecular weight excluding hydrogens is 246 g/mol. The minimum absolute atomic E-state index is 0.264. The smallest absolute Gasteiger partial charge is 0.0576 e. The number of nitrogens with one attached hydrogen (secondary N) is 1. The van der Waals surface area contributed by atoms with Gasteiger partial charge in [-0.05, 0) is 64.8 Å². The maximum absolute atomic E-state index is 5.75. The predicted octanol–water partition coefficient (Wildman–Crippen LogP) is 4.53. The molecule has 1 saturated heterocycles. The van der Waals surface area contributed by atoms with Gasteiger partial charge in [-0.3, -0.25) is 0 Å². The Morgan fingerprint density at radius 2 is 1.70 bits per heavy atom. The lowest BCUT2D eigenvalue weighted by atomic mass is 9.76. The second kappa shape index (κ2) is 7.79. The maximum atomic E-state index is 5.75. The first kappa shape index (κ1) is 16.3. The second-order valence-electron chi connectivity index (χ2n) is 8.00. The third-order valence-electron chi connectivity index (χ3n) is 5.09. The first-order valence-electron chi connectivity index (χ1n) is 8.91. The largest absolute Gasteiger partial charge is 0.378 e. The molecule has 2 fully saturated rings. The lowest BCUT2D eigenvalue weighted by Crippen LogP contribution is -2.41. The lowest BCUT2D eigenvalue weighted by molar-refractivity contribution is 0.0977. The Balaban J connectivity index is 1.69. The van der Waals surface area contributed by atoms with Gasteiger partial charge in [0, 0.05) is 12.1 Å². The van der Waals surface area contributed by atoms with Crippen molar-refractivity contribution < 1.29 is 4.74 Å². The SMILES string of the molecule is CC(C)(C)NCC1CCCCC1CCCC1CCCO1. The lowest BCUT2D eigenvalue weighted by Gasteiger charge is -2.34. The monoisotopic (exact) mass is 281 g/mol. The summed E-state index contributed by atoms with van der Waals surface area (Å²) in [6, 6.07) is 0. The molecule has 118 valence electrons. The van der Waals surface area contributed by atoms with E-state index in [2.05, 4.69) is 26.1 Å². The normalized spacial score (nSPS) is 31.6. The van der Waals surface area contributed by atoms with Crippen molar-refractivity contribution in [3.05, 3.63) is 0 Å². The van der Waals surface area contributed by atoms with Crippen molar-refractivity contribution >= 4 is 0 Å². The van der Waals surface area contributed by atoms with Gasteiger partial charge < -0.3 is 10.1 Å². The van der Waals surface area contributed by atoms with Crippen molar-refractivity contribution in [2.45, 2.75) is 90.2 Å². The zero-order valence-electron chi connectivity index (χ0n) is 13.9. The van der Waals surface area contributed by atoms with E-state index in [9.17, 15) is 0 Å². The Bertz CT molecular complexity index is 265. The van der Waals surface area contributed by atoms with Crippen LogP contribution < -0.4 is 5.32 Å². The molecule has 1 heterocycles. The number of hydrogen-bond acceptors (Lipinski definition) is 2. The molecule has 2 rings (SSSR count). The molecule has 1 aliphatic heterocycles. The summed E-state index contributed by atoms with van der Waals surface area (Å²) < 4.78 is 5.75.